The van der Waals surface area contributed by atoms with Crippen molar-refractivity contribution in [1.29, 1.82) is 0 Å². The van der Waals surface area contributed by atoms with Crippen molar-refractivity contribution in [1.82, 2.24) is 0 Å². The Bertz CT molecular complexity index is 909. The smallest absolute Gasteiger partial charge is 0.312 e. The molecule has 9 nitrogen and oxygen atoms in total. The fourth-order valence-electron chi connectivity index (χ4n) is 1.90. The van der Waals surface area contributed by atoms with E-state index >= 15 is 0 Å². The maximum absolute atomic E-state index is 12.3. The second-order valence-electron chi connectivity index (χ2n) is 4.56. The SMILES string of the molecule is COc1ccc(S(=O)(=O)Nc2cccc(C(=O)[O-])c2)cc1[N+](=O)[O-]. The molecule has 0 radical (unpaired) electrons. The molecule has 0 bridgehead atoms. The number of aromatic carboxylic acids is 1. The van der Waals surface area contributed by atoms with Gasteiger partial charge in [-0.1, -0.05) is 12.1 Å². The monoisotopic (exact) mass is 351 g/mol. The van der Waals surface area contributed by atoms with E-state index in [4.69, 9.17) is 4.74 Å². The van der Waals surface area contributed by atoms with Crippen molar-refractivity contribution in [2.24, 2.45) is 0 Å². The summed E-state index contributed by atoms with van der Waals surface area (Å²) in [5.41, 5.74) is -0.741. The lowest BCUT2D eigenvalue weighted by atomic mass is 10.2. The fourth-order valence-corrected chi connectivity index (χ4v) is 2.97. The third-order valence-corrected chi connectivity index (χ3v) is 4.39. The van der Waals surface area contributed by atoms with Gasteiger partial charge in [-0.3, -0.25) is 14.8 Å². The normalized spacial score (nSPS) is 10.9. The van der Waals surface area contributed by atoms with Crippen LogP contribution in [0.5, 0.6) is 5.75 Å². The summed E-state index contributed by atoms with van der Waals surface area (Å²) in [5, 5.41) is 21.8. The highest BCUT2D eigenvalue weighted by Crippen LogP contribution is 2.30. The summed E-state index contributed by atoms with van der Waals surface area (Å²) in [6.45, 7) is 0. The van der Waals surface area contributed by atoms with Crippen molar-refractivity contribution in [3.8, 4) is 5.75 Å². The number of carbonyl (C=O) groups is 1. The summed E-state index contributed by atoms with van der Waals surface area (Å²) in [4.78, 5) is 20.6. The van der Waals surface area contributed by atoms with Crippen molar-refractivity contribution in [2.75, 3.05) is 11.8 Å². The average Bonchev–Trinajstić information content (AvgIpc) is 2.53. The predicted octanol–water partition coefficient (Wildman–Crippen LogP) is 0.768. The first-order chi connectivity index (χ1) is 11.2. The largest absolute Gasteiger partial charge is 0.545 e. The van der Waals surface area contributed by atoms with Crippen LogP contribution in [0.4, 0.5) is 11.4 Å². The van der Waals surface area contributed by atoms with Gasteiger partial charge >= 0.3 is 5.69 Å². The number of nitrogens with zero attached hydrogens (tertiary/aromatic N) is 1. The highest BCUT2D eigenvalue weighted by atomic mass is 32.2. The minimum absolute atomic E-state index is 0.0184. The number of benzene rings is 2. The number of hydrogen-bond acceptors (Lipinski definition) is 7. The molecular formula is C14H11N2O7S-. The van der Waals surface area contributed by atoms with Gasteiger partial charge in [0.1, 0.15) is 0 Å². The van der Waals surface area contributed by atoms with Crippen LogP contribution in [0.2, 0.25) is 0 Å². The molecular weight excluding hydrogens is 340 g/mol. The highest BCUT2D eigenvalue weighted by Gasteiger charge is 2.22. The molecule has 0 heterocycles. The fraction of sp³-hybridized carbons (Fsp3) is 0.0714. The number of nitro benzene ring substituents is 1. The van der Waals surface area contributed by atoms with Crippen molar-refractivity contribution in [2.45, 2.75) is 4.90 Å². The summed E-state index contributed by atoms with van der Waals surface area (Å²) < 4.78 is 31.6. The van der Waals surface area contributed by atoms with Crippen LogP contribution in [-0.2, 0) is 10.0 Å². The quantitative estimate of drug-likeness (QED) is 0.599. The molecule has 0 aliphatic heterocycles. The number of carbonyl (C=O) groups excluding carboxylic acids is 1. The number of ether oxygens (including phenoxy) is 1. The third-order valence-electron chi connectivity index (χ3n) is 3.01. The first kappa shape index (κ1) is 17.2. The second kappa shape index (κ2) is 6.54. The molecule has 0 aliphatic carbocycles. The Labute approximate surface area is 136 Å². The molecule has 1 N–H and O–H groups in total. The van der Waals surface area contributed by atoms with E-state index in [1.54, 1.807) is 0 Å². The molecule has 2 rings (SSSR count). The molecule has 2 aromatic carbocycles. The summed E-state index contributed by atoms with van der Waals surface area (Å²) in [6, 6.07) is 8.13. The van der Waals surface area contributed by atoms with E-state index in [1.165, 1.54) is 25.3 Å². The van der Waals surface area contributed by atoms with Crippen molar-refractivity contribution < 1.29 is 28.0 Å². The maximum atomic E-state index is 12.3. The number of carboxylic acids is 1. The number of carboxylic acid groups (broad SMARTS) is 1. The van der Waals surface area contributed by atoms with Gasteiger partial charge in [-0.15, -0.1) is 0 Å². The van der Waals surface area contributed by atoms with Crippen LogP contribution in [0, 0.1) is 10.1 Å². The molecule has 0 amide bonds. The Hall–Kier alpha value is -3.14. The van der Waals surface area contributed by atoms with E-state index in [0.29, 0.717) is 0 Å². The van der Waals surface area contributed by atoms with Crippen LogP contribution in [0.15, 0.2) is 47.4 Å². The molecule has 0 atom stereocenters. The molecule has 0 aliphatic rings. The van der Waals surface area contributed by atoms with Crippen LogP contribution in [-0.4, -0.2) is 26.4 Å². The molecule has 0 saturated carbocycles. The molecule has 0 spiro atoms. The predicted molar refractivity (Wildman–Crippen MR) is 81.2 cm³/mol. The number of sulfonamides is 1. The van der Waals surface area contributed by atoms with Crippen LogP contribution in [0.3, 0.4) is 0 Å². The summed E-state index contributed by atoms with van der Waals surface area (Å²) >= 11 is 0. The van der Waals surface area contributed by atoms with E-state index in [-0.39, 0.29) is 21.9 Å². The number of nitrogens with one attached hydrogen (secondary N) is 1. The van der Waals surface area contributed by atoms with E-state index in [9.17, 15) is 28.4 Å². The van der Waals surface area contributed by atoms with E-state index < -0.39 is 26.6 Å². The lowest BCUT2D eigenvalue weighted by Crippen LogP contribution is -2.22. The molecule has 10 heteroatoms. The van der Waals surface area contributed by atoms with Gasteiger partial charge in [0.05, 0.1) is 22.9 Å². The van der Waals surface area contributed by atoms with Gasteiger partial charge in [-0.05, 0) is 29.8 Å². The van der Waals surface area contributed by atoms with Gasteiger partial charge < -0.3 is 14.6 Å². The van der Waals surface area contributed by atoms with Crippen LogP contribution in [0.25, 0.3) is 0 Å². The minimum Gasteiger partial charge on any atom is -0.545 e. The topological polar surface area (TPSA) is 139 Å². The van der Waals surface area contributed by atoms with Gasteiger partial charge in [0.2, 0.25) is 0 Å². The van der Waals surface area contributed by atoms with E-state index in [1.807, 2.05) is 0 Å². The van der Waals surface area contributed by atoms with Crippen LogP contribution in [0.1, 0.15) is 10.4 Å². The lowest BCUT2D eigenvalue weighted by molar-refractivity contribution is -0.386. The molecule has 0 unspecified atom stereocenters. The van der Waals surface area contributed by atoms with Gasteiger partial charge in [0.15, 0.2) is 5.75 Å². The summed E-state index contributed by atoms with van der Waals surface area (Å²) in [6.07, 6.45) is 0. The standard InChI is InChI=1S/C14H12N2O7S/c1-23-13-6-5-11(8-12(13)16(19)20)24(21,22)15-10-4-2-3-9(7-10)14(17)18/h2-8,15H,1H3,(H,17,18)/p-1. The molecule has 2 aromatic rings. The average molecular weight is 351 g/mol. The molecule has 0 saturated heterocycles. The minimum atomic E-state index is -4.16. The molecule has 126 valence electrons. The van der Waals surface area contributed by atoms with Gasteiger partial charge in [-0.2, -0.15) is 0 Å². The number of rotatable bonds is 6. The van der Waals surface area contributed by atoms with Gasteiger partial charge in [-0.25, -0.2) is 8.42 Å². The second-order valence-corrected chi connectivity index (χ2v) is 6.25. The third kappa shape index (κ3) is 3.60. The van der Waals surface area contributed by atoms with Gasteiger partial charge in [0.25, 0.3) is 10.0 Å². The lowest BCUT2D eigenvalue weighted by Gasteiger charge is -2.10. The van der Waals surface area contributed by atoms with Crippen LogP contribution >= 0.6 is 0 Å². The number of hydrogen-bond donors (Lipinski definition) is 1. The van der Waals surface area contributed by atoms with Gasteiger partial charge in [0, 0.05) is 11.8 Å². The molecule has 0 fully saturated rings. The Morgan fingerprint density at radius 2 is 1.92 bits per heavy atom. The van der Waals surface area contributed by atoms with Crippen molar-refractivity contribution in [3.05, 3.63) is 58.1 Å². The van der Waals surface area contributed by atoms with Crippen LogP contribution < -0.4 is 14.6 Å². The Morgan fingerprint density at radius 3 is 2.50 bits per heavy atom. The van der Waals surface area contributed by atoms with Crippen molar-refractivity contribution in [3.63, 3.8) is 0 Å². The Morgan fingerprint density at radius 1 is 1.21 bits per heavy atom. The zero-order valence-electron chi connectivity index (χ0n) is 12.3. The maximum Gasteiger partial charge on any atom is 0.312 e. The number of methoxy groups -OCH3 is 1. The van der Waals surface area contributed by atoms with E-state index in [2.05, 4.69) is 4.72 Å². The molecule has 0 aromatic heterocycles. The molecule has 24 heavy (non-hydrogen) atoms. The zero-order valence-corrected chi connectivity index (χ0v) is 13.1. The number of nitro groups is 1. The zero-order chi connectivity index (χ0) is 17.9. The Balaban J connectivity index is 2.41. The summed E-state index contributed by atoms with van der Waals surface area (Å²) in [5.74, 6) is -1.55. The first-order valence-corrected chi connectivity index (χ1v) is 7.89. The summed E-state index contributed by atoms with van der Waals surface area (Å²) in [7, 11) is -2.94. The van der Waals surface area contributed by atoms with E-state index in [0.717, 1.165) is 24.3 Å². The van der Waals surface area contributed by atoms with Crippen molar-refractivity contribution >= 4 is 27.4 Å². The Kier molecular flexibility index (Phi) is 4.69. The first-order valence-electron chi connectivity index (χ1n) is 6.41. The number of anilines is 1. The highest BCUT2D eigenvalue weighted by molar-refractivity contribution is 7.92.